The maximum atomic E-state index is 12.8. The van der Waals surface area contributed by atoms with Crippen molar-refractivity contribution in [2.45, 2.75) is 76.5 Å². The van der Waals surface area contributed by atoms with Crippen molar-refractivity contribution in [3.8, 4) is 0 Å². The molecule has 200 valence electrons. The van der Waals surface area contributed by atoms with Gasteiger partial charge in [0, 0.05) is 37.2 Å². The number of nitrogens with zero attached hydrogens (tertiary/aromatic N) is 2. The molecule has 0 spiro atoms. The maximum absolute atomic E-state index is 12.8. The summed E-state index contributed by atoms with van der Waals surface area (Å²) in [5, 5.41) is 0. The number of hydrogen-bond donors (Lipinski definition) is 0. The number of likely N-dealkylation sites (N-methyl/N-ethyl adjacent to an activating group) is 1. The Morgan fingerprint density at radius 2 is 1.68 bits per heavy atom. The first-order valence-electron chi connectivity index (χ1n) is 14.5. The van der Waals surface area contributed by atoms with Gasteiger partial charge in [0.15, 0.2) is 5.78 Å². The number of fused-ring (bicyclic) bond motifs is 1. The number of ketones is 1. The highest BCUT2D eigenvalue weighted by atomic mass is 16.1. The van der Waals surface area contributed by atoms with E-state index >= 15 is 0 Å². The van der Waals surface area contributed by atoms with Crippen molar-refractivity contribution >= 4 is 11.9 Å². The molecule has 3 nitrogen and oxygen atoms in total. The van der Waals surface area contributed by atoms with Crippen molar-refractivity contribution in [2.24, 2.45) is 0 Å². The lowest BCUT2D eigenvalue weighted by molar-refractivity contribution is -0.115. The first kappa shape index (κ1) is 28.0. The summed E-state index contributed by atoms with van der Waals surface area (Å²) in [7, 11) is 4.23. The lowest BCUT2D eigenvalue weighted by Crippen LogP contribution is -2.26. The molecule has 0 fully saturated rings. The van der Waals surface area contributed by atoms with Gasteiger partial charge in [-0.1, -0.05) is 87.7 Å². The molecular formula is C35H44N2O. The monoisotopic (exact) mass is 508 g/mol. The number of carbonyl (C=O) groups is 1. The Kier molecular flexibility index (Phi) is 10.1. The summed E-state index contributed by atoms with van der Waals surface area (Å²) >= 11 is 0. The zero-order valence-electron chi connectivity index (χ0n) is 23.7. The molecule has 3 heteroatoms. The normalized spacial score (nSPS) is 16.8. The van der Waals surface area contributed by atoms with Crippen LogP contribution in [0.15, 0.2) is 72.9 Å². The molecule has 0 aliphatic heterocycles. The number of unbranched alkanes of at least 4 members (excludes halogenated alkanes) is 1. The maximum Gasteiger partial charge on any atom is 0.156 e. The SMILES string of the molecule is CCCCC(CCC)c1ccc(Cc2cc3c(cn2)C=CC(=O)CC3C(CN(C)C)c2ccccc2)cc1. The summed E-state index contributed by atoms with van der Waals surface area (Å²) in [5.74, 6) is 1.18. The second-order valence-electron chi connectivity index (χ2n) is 11.2. The van der Waals surface area contributed by atoms with Crippen molar-refractivity contribution in [1.29, 1.82) is 0 Å². The van der Waals surface area contributed by atoms with E-state index in [1.807, 2.05) is 12.3 Å². The number of pyridine rings is 1. The lowest BCUT2D eigenvalue weighted by atomic mass is 9.77. The van der Waals surface area contributed by atoms with Gasteiger partial charge in [-0.2, -0.15) is 0 Å². The van der Waals surface area contributed by atoms with Crippen LogP contribution in [0.3, 0.4) is 0 Å². The van der Waals surface area contributed by atoms with Crippen LogP contribution in [0.2, 0.25) is 0 Å². The largest absolute Gasteiger partial charge is 0.309 e. The summed E-state index contributed by atoms with van der Waals surface area (Å²) in [6.07, 6.45) is 13.3. The predicted molar refractivity (Wildman–Crippen MR) is 160 cm³/mol. The van der Waals surface area contributed by atoms with Gasteiger partial charge in [0.1, 0.15) is 0 Å². The predicted octanol–water partition coefficient (Wildman–Crippen LogP) is 8.16. The van der Waals surface area contributed by atoms with Crippen LogP contribution in [0.1, 0.15) is 104 Å². The highest BCUT2D eigenvalue weighted by Gasteiger charge is 2.30. The van der Waals surface area contributed by atoms with Crippen LogP contribution >= 0.6 is 0 Å². The lowest BCUT2D eigenvalue weighted by Gasteiger charge is -2.30. The fourth-order valence-electron chi connectivity index (χ4n) is 5.97. The number of allylic oxidation sites excluding steroid dienone is 1. The molecule has 4 rings (SSSR count). The third-order valence-electron chi connectivity index (χ3n) is 7.95. The van der Waals surface area contributed by atoms with Crippen LogP contribution < -0.4 is 0 Å². The highest BCUT2D eigenvalue weighted by molar-refractivity contribution is 5.95. The molecule has 0 N–H and O–H groups in total. The molecule has 0 radical (unpaired) electrons. The van der Waals surface area contributed by atoms with Crippen LogP contribution in [-0.2, 0) is 11.2 Å². The Hall–Kier alpha value is -3.04. The Labute approximate surface area is 230 Å². The van der Waals surface area contributed by atoms with Gasteiger partial charge in [-0.15, -0.1) is 0 Å². The van der Waals surface area contributed by atoms with Crippen molar-refractivity contribution in [1.82, 2.24) is 9.88 Å². The molecule has 0 saturated carbocycles. The van der Waals surface area contributed by atoms with Crippen LogP contribution in [0.5, 0.6) is 0 Å². The average Bonchev–Trinajstić information content (AvgIpc) is 3.09. The van der Waals surface area contributed by atoms with E-state index in [4.69, 9.17) is 4.98 Å². The van der Waals surface area contributed by atoms with Crippen LogP contribution in [0.25, 0.3) is 6.08 Å². The van der Waals surface area contributed by atoms with Crippen molar-refractivity contribution < 1.29 is 4.79 Å². The fourth-order valence-corrected chi connectivity index (χ4v) is 5.97. The Balaban J connectivity index is 1.62. The van der Waals surface area contributed by atoms with E-state index < -0.39 is 0 Å². The van der Waals surface area contributed by atoms with Crippen molar-refractivity contribution in [3.63, 3.8) is 0 Å². The van der Waals surface area contributed by atoms with E-state index in [9.17, 15) is 4.79 Å². The minimum atomic E-state index is 0.106. The molecule has 1 aliphatic carbocycles. The topological polar surface area (TPSA) is 33.2 Å². The molecule has 1 aliphatic rings. The van der Waals surface area contributed by atoms with Crippen molar-refractivity contribution in [3.05, 3.63) is 106 Å². The molecule has 2 aromatic carbocycles. The van der Waals surface area contributed by atoms with Gasteiger partial charge in [0.25, 0.3) is 0 Å². The smallest absolute Gasteiger partial charge is 0.156 e. The minimum absolute atomic E-state index is 0.106. The number of aromatic nitrogens is 1. The minimum Gasteiger partial charge on any atom is -0.309 e. The number of carbonyl (C=O) groups excluding carboxylic acids is 1. The molecule has 0 saturated heterocycles. The van der Waals surface area contributed by atoms with Gasteiger partial charge in [0.05, 0.1) is 0 Å². The summed E-state index contributed by atoms with van der Waals surface area (Å²) in [6, 6.07) is 22.2. The summed E-state index contributed by atoms with van der Waals surface area (Å²) in [5.41, 5.74) is 7.42. The van der Waals surface area contributed by atoms with Gasteiger partial charge < -0.3 is 4.90 Å². The zero-order valence-corrected chi connectivity index (χ0v) is 23.7. The Morgan fingerprint density at radius 1 is 0.921 bits per heavy atom. The third kappa shape index (κ3) is 7.29. The summed E-state index contributed by atoms with van der Waals surface area (Å²) in [6.45, 7) is 5.45. The molecule has 3 aromatic rings. The number of rotatable bonds is 12. The fraction of sp³-hybridized carbons (Fsp3) is 0.429. The van der Waals surface area contributed by atoms with Gasteiger partial charge >= 0.3 is 0 Å². The molecule has 3 atom stereocenters. The summed E-state index contributed by atoms with van der Waals surface area (Å²) in [4.78, 5) is 19.9. The highest BCUT2D eigenvalue weighted by Crippen LogP contribution is 2.40. The van der Waals surface area contributed by atoms with E-state index in [2.05, 4.69) is 93.5 Å². The number of hydrogen-bond acceptors (Lipinski definition) is 3. The van der Waals surface area contributed by atoms with Crippen LogP contribution in [0.4, 0.5) is 0 Å². The third-order valence-corrected chi connectivity index (χ3v) is 7.95. The van der Waals surface area contributed by atoms with E-state index in [0.717, 1.165) is 24.2 Å². The van der Waals surface area contributed by atoms with E-state index in [0.29, 0.717) is 12.3 Å². The number of benzene rings is 2. The Bertz CT molecular complexity index is 1200. The summed E-state index contributed by atoms with van der Waals surface area (Å²) < 4.78 is 0. The second-order valence-corrected chi connectivity index (χ2v) is 11.2. The Morgan fingerprint density at radius 3 is 2.37 bits per heavy atom. The average molecular weight is 509 g/mol. The van der Waals surface area contributed by atoms with E-state index in [-0.39, 0.29) is 17.6 Å². The van der Waals surface area contributed by atoms with Crippen LogP contribution in [0, 0.1) is 0 Å². The molecule has 0 bridgehead atoms. The molecule has 1 heterocycles. The first-order valence-corrected chi connectivity index (χ1v) is 14.5. The molecule has 1 aromatic heterocycles. The van der Waals surface area contributed by atoms with Gasteiger partial charge in [-0.3, -0.25) is 9.78 Å². The second kappa shape index (κ2) is 13.7. The molecule has 38 heavy (non-hydrogen) atoms. The molecular weight excluding hydrogens is 464 g/mol. The quantitative estimate of drug-likeness (QED) is 0.247. The van der Waals surface area contributed by atoms with Gasteiger partial charge in [0.2, 0.25) is 0 Å². The van der Waals surface area contributed by atoms with E-state index in [1.165, 1.54) is 54.4 Å². The zero-order chi connectivity index (χ0) is 26.9. The van der Waals surface area contributed by atoms with Crippen molar-refractivity contribution in [2.75, 3.05) is 20.6 Å². The molecule has 0 amide bonds. The van der Waals surface area contributed by atoms with E-state index in [1.54, 1.807) is 6.08 Å². The first-order chi connectivity index (χ1) is 18.5. The molecule has 3 unspecified atom stereocenters. The standard InChI is InChI=1S/C35H44N2O/c1-5-7-12-27(11-6-2)28-17-15-26(16-18-28)21-31-22-33-30(24-36-31)19-20-32(38)23-34(33)35(25-37(3)4)29-13-9-8-10-14-29/h8-10,13-20,22,24,27,34-35H,5-7,11-12,21,23,25H2,1-4H3. The van der Waals surface area contributed by atoms with Gasteiger partial charge in [-0.05, 0) is 84.8 Å². The van der Waals surface area contributed by atoms with Gasteiger partial charge in [-0.25, -0.2) is 0 Å². The van der Waals surface area contributed by atoms with Crippen LogP contribution in [-0.4, -0.2) is 36.3 Å².